The van der Waals surface area contributed by atoms with Crippen LogP contribution in [-0.4, -0.2) is 57.0 Å². The number of hydrogen-bond donors (Lipinski definition) is 3. The van der Waals surface area contributed by atoms with Gasteiger partial charge in [-0.25, -0.2) is 13.4 Å². The summed E-state index contributed by atoms with van der Waals surface area (Å²) in [6.45, 7) is 3.95. The van der Waals surface area contributed by atoms with E-state index in [-0.39, 0.29) is 11.8 Å². The number of nitrogens with one attached hydrogen (secondary N) is 2. The molecule has 2 fully saturated rings. The van der Waals surface area contributed by atoms with Gasteiger partial charge in [-0.3, -0.25) is 4.31 Å². The summed E-state index contributed by atoms with van der Waals surface area (Å²) < 4.78 is 37.0. The SMILES string of the molecule is COc1cc(N2CCCS2(=O)=O)ccc1CNc1nc(C)c(/C(C#N)=C\N)c(NC2CCOCC2)n1. The van der Waals surface area contributed by atoms with Crippen LogP contribution >= 0.6 is 0 Å². The fourth-order valence-corrected chi connectivity index (χ4v) is 5.99. The molecule has 4 rings (SSSR count). The Morgan fingerprint density at radius 2 is 2.14 bits per heavy atom. The number of aromatic nitrogens is 2. The molecule has 2 aliphatic heterocycles. The lowest BCUT2D eigenvalue weighted by Gasteiger charge is -2.25. The van der Waals surface area contributed by atoms with Crippen molar-refractivity contribution < 1.29 is 17.9 Å². The Balaban J connectivity index is 1.58. The van der Waals surface area contributed by atoms with Gasteiger partial charge in [0.25, 0.3) is 0 Å². The Labute approximate surface area is 211 Å². The minimum atomic E-state index is -3.28. The average molecular weight is 514 g/mol. The summed E-state index contributed by atoms with van der Waals surface area (Å²) in [5.41, 5.74) is 8.60. The molecule has 2 aromatic rings. The first-order valence-electron chi connectivity index (χ1n) is 11.8. The Morgan fingerprint density at radius 1 is 1.36 bits per heavy atom. The van der Waals surface area contributed by atoms with Crippen LogP contribution in [0.1, 0.15) is 36.1 Å². The zero-order valence-corrected chi connectivity index (χ0v) is 21.3. The summed E-state index contributed by atoms with van der Waals surface area (Å²) in [5.74, 6) is 1.64. The van der Waals surface area contributed by atoms with Crippen LogP contribution in [0.3, 0.4) is 0 Å². The predicted molar refractivity (Wildman–Crippen MR) is 138 cm³/mol. The molecule has 192 valence electrons. The van der Waals surface area contributed by atoms with E-state index >= 15 is 0 Å². The van der Waals surface area contributed by atoms with Crippen LogP contribution in [0.5, 0.6) is 5.75 Å². The summed E-state index contributed by atoms with van der Waals surface area (Å²) in [7, 11) is -1.73. The van der Waals surface area contributed by atoms with E-state index in [1.165, 1.54) is 10.5 Å². The van der Waals surface area contributed by atoms with Crippen molar-refractivity contribution in [1.29, 1.82) is 5.26 Å². The quantitative estimate of drug-likeness (QED) is 0.448. The second-order valence-corrected chi connectivity index (χ2v) is 10.7. The zero-order chi connectivity index (χ0) is 25.7. The largest absolute Gasteiger partial charge is 0.496 e. The standard InChI is InChI=1S/C24H31N7O4S/c1-16-22(18(13-25)14-26)23(29-19-6-9-35-10-7-19)30-24(28-16)27-15-17-4-5-20(12-21(17)34-2)31-8-3-11-36(31,32)33/h4-5,12-13,19H,3,6-11,15,25H2,1-2H3,(H2,27,28,29,30)/b18-13-. The smallest absolute Gasteiger partial charge is 0.235 e. The van der Waals surface area contributed by atoms with Gasteiger partial charge in [0.2, 0.25) is 16.0 Å². The predicted octanol–water partition coefficient (Wildman–Crippen LogP) is 2.36. The summed E-state index contributed by atoms with van der Waals surface area (Å²) in [4.78, 5) is 9.22. The summed E-state index contributed by atoms with van der Waals surface area (Å²) in [6.07, 6.45) is 3.53. The third-order valence-corrected chi connectivity index (χ3v) is 8.17. The molecule has 11 nitrogen and oxygen atoms in total. The van der Waals surface area contributed by atoms with Gasteiger partial charge in [-0.2, -0.15) is 10.2 Å². The molecule has 36 heavy (non-hydrogen) atoms. The molecule has 0 unspecified atom stereocenters. The lowest BCUT2D eigenvalue weighted by atomic mass is 10.0. The van der Waals surface area contributed by atoms with Gasteiger partial charge in [-0.05, 0) is 32.3 Å². The Bertz CT molecular complexity index is 1280. The van der Waals surface area contributed by atoms with Crippen LogP contribution < -0.4 is 25.4 Å². The summed E-state index contributed by atoms with van der Waals surface area (Å²) in [6, 6.07) is 7.63. The molecule has 0 amide bonds. The molecule has 0 spiro atoms. The van der Waals surface area contributed by atoms with E-state index < -0.39 is 10.0 Å². The van der Waals surface area contributed by atoms with Crippen molar-refractivity contribution >= 4 is 33.0 Å². The van der Waals surface area contributed by atoms with Gasteiger partial charge >= 0.3 is 0 Å². The van der Waals surface area contributed by atoms with Gasteiger partial charge < -0.3 is 25.8 Å². The minimum absolute atomic E-state index is 0.155. The van der Waals surface area contributed by atoms with Crippen LogP contribution in [0.2, 0.25) is 0 Å². The molecule has 0 saturated carbocycles. The molecule has 2 aliphatic rings. The molecule has 4 N–H and O–H groups in total. The molecule has 0 radical (unpaired) electrons. The highest BCUT2D eigenvalue weighted by Gasteiger charge is 2.29. The number of rotatable bonds is 8. The van der Waals surface area contributed by atoms with E-state index in [1.807, 2.05) is 13.0 Å². The number of aryl methyl sites for hydroxylation is 1. The summed E-state index contributed by atoms with van der Waals surface area (Å²) in [5, 5.41) is 16.2. The lowest BCUT2D eigenvalue weighted by molar-refractivity contribution is 0.0904. The maximum absolute atomic E-state index is 12.3. The number of allylic oxidation sites excluding steroid dienone is 1. The normalized spacial score (nSPS) is 18.0. The zero-order valence-electron chi connectivity index (χ0n) is 20.5. The van der Waals surface area contributed by atoms with E-state index in [1.54, 1.807) is 19.2 Å². The lowest BCUT2D eigenvalue weighted by Crippen LogP contribution is -2.29. The van der Waals surface area contributed by atoms with E-state index in [0.717, 1.165) is 18.4 Å². The number of nitrogens with zero attached hydrogens (tertiary/aromatic N) is 4. The molecule has 0 bridgehead atoms. The third-order valence-electron chi connectivity index (χ3n) is 6.30. The van der Waals surface area contributed by atoms with Crippen LogP contribution in [0.15, 0.2) is 24.4 Å². The molecule has 0 atom stereocenters. The fourth-order valence-electron chi connectivity index (χ4n) is 4.43. The number of anilines is 3. The number of nitriles is 1. The highest BCUT2D eigenvalue weighted by Crippen LogP contribution is 2.31. The molecule has 0 aliphatic carbocycles. The Hall–Kier alpha value is -3.56. The van der Waals surface area contributed by atoms with Crippen LogP contribution in [0.4, 0.5) is 17.5 Å². The van der Waals surface area contributed by atoms with Crippen molar-refractivity contribution in [3.8, 4) is 11.8 Å². The number of nitrogens with two attached hydrogens (primary N) is 1. The second kappa shape index (κ2) is 11.0. The van der Waals surface area contributed by atoms with Gasteiger partial charge in [-0.15, -0.1) is 0 Å². The molecule has 12 heteroatoms. The summed E-state index contributed by atoms with van der Waals surface area (Å²) >= 11 is 0. The highest BCUT2D eigenvalue weighted by atomic mass is 32.2. The average Bonchev–Trinajstić information content (AvgIpc) is 3.24. The van der Waals surface area contributed by atoms with Gasteiger partial charge in [0, 0.05) is 50.2 Å². The van der Waals surface area contributed by atoms with Crippen molar-refractivity contribution in [3.63, 3.8) is 0 Å². The fraction of sp³-hybridized carbons (Fsp3) is 0.458. The number of hydrogen-bond acceptors (Lipinski definition) is 10. The van der Waals surface area contributed by atoms with E-state index in [2.05, 4.69) is 26.7 Å². The number of sulfonamides is 1. The molecule has 1 aromatic heterocycles. The monoisotopic (exact) mass is 513 g/mol. The molecule has 2 saturated heterocycles. The van der Waals surface area contributed by atoms with Crippen LogP contribution in [0.25, 0.3) is 5.57 Å². The first-order chi connectivity index (χ1) is 17.4. The maximum Gasteiger partial charge on any atom is 0.235 e. The van der Waals surface area contributed by atoms with Crippen molar-refractivity contribution in [2.24, 2.45) is 5.73 Å². The number of benzene rings is 1. The van der Waals surface area contributed by atoms with Gasteiger partial charge in [0.1, 0.15) is 17.6 Å². The first-order valence-corrected chi connectivity index (χ1v) is 13.4. The molecule has 3 heterocycles. The van der Waals surface area contributed by atoms with Gasteiger partial charge in [0.15, 0.2) is 0 Å². The first kappa shape index (κ1) is 25.5. The van der Waals surface area contributed by atoms with Crippen molar-refractivity contribution in [2.45, 2.75) is 38.8 Å². The second-order valence-electron chi connectivity index (χ2n) is 8.67. The van der Waals surface area contributed by atoms with Crippen molar-refractivity contribution in [1.82, 2.24) is 9.97 Å². The molecular formula is C24H31N7O4S. The molecular weight excluding hydrogens is 482 g/mol. The van der Waals surface area contributed by atoms with Crippen molar-refractivity contribution in [3.05, 3.63) is 41.2 Å². The van der Waals surface area contributed by atoms with E-state index in [9.17, 15) is 13.7 Å². The molecule has 1 aromatic carbocycles. The van der Waals surface area contributed by atoms with E-state index in [4.69, 9.17) is 15.2 Å². The highest BCUT2D eigenvalue weighted by molar-refractivity contribution is 7.93. The third kappa shape index (κ3) is 5.47. The topological polar surface area (TPSA) is 155 Å². The number of ether oxygens (including phenoxy) is 2. The number of methoxy groups -OCH3 is 1. The van der Waals surface area contributed by atoms with Crippen molar-refractivity contribution in [2.75, 3.05) is 47.6 Å². The minimum Gasteiger partial charge on any atom is -0.496 e. The van der Waals surface area contributed by atoms with Gasteiger partial charge in [-0.1, -0.05) is 6.07 Å². The Morgan fingerprint density at radius 3 is 2.78 bits per heavy atom. The van der Waals surface area contributed by atoms with E-state index in [0.29, 0.717) is 72.8 Å². The van der Waals surface area contributed by atoms with Gasteiger partial charge in [0.05, 0.1) is 35.4 Å². The van der Waals surface area contributed by atoms with Crippen LogP contribution in [-0.2, 0) is 21.3 Å². The van der Waals surface area contributed by atoms with Crippen LogP contribution in [0, 0.1) is 18.3 Å². The maximum atomic E-state index is 12.3. The Kier molecular flexibility index (Phi) is 7.81.